The highest BCUT2D eigenvalue weighted by Gasteiger charge is 2.10. The largest absolute Gasteiger partial charge is 0.483 e. The Hall–Kier alpha value is -3.48. The summed E-state index contributed by atoms with van der Waals surface area (Å²) in [6.45, 7) is 0.627. The first-order valence-corrected chi connectivity index (χ1v) is 8.12. The van der Waals surface area contributed by atoms with Gasteiger partial charge in [0.25, 0.3) is 6.47 Å². The Morgan fingerprint density at radius 2 is 2.04 bits per heavy atom. The normalized spacial score (nSPS) is 10.3. The Labute approximate surface area is 150 Å². The number of carbonyl (C=O) groups is 1. The van der Waals surface area contributed by atoms with Crippen LogP contribution in [0.4, 0.5) is 0 Å². The third-order valence-corrected chi connectivity index (χ3v) is 4.04. The van der Waals surface area contributed by atoms with E-state index >= 15 is 0 Å². The van der Waals surface area contributed by atoms with Crippen LogP contribution in [0.25, 0.3) is 22.2 Å². The van der Waals surface area contributed by atoms with Crippen molar-refractivity contribution in [2.45, 2.75) is 13.0 Å². The van der Waals surface area contributed by atoms with E-state index in [0.29, 0.717) is 0 Å². The third-order valence-electron chi connectivity index (χ3n) is 4.04. The molecule has 132 valence electrons. The summed E-state index contributed by atoms with van der Waals surface area (Å²) in [4.78, 5) is 17.1. The maximum atomic E-state index is 8.36. The average molecular weight is 349 g/mol. The van der Waals surface area contributed by atoms with E-state index in [4.69, 9.17) is 9.90 Å². The maximum Gasteiger partial charge on any atom is 0.290 e. The number of benzene rings is 1. The first-order chi connectivity index (χ1) is 12.7. The lowest BCUT2D eigenvalue weighted by molar-refractivity contribution is -0.122. The van der Waals surface area contributed by atoms with Gasteiger partial charge >= 0.3 is 0 Å². The zero-order chi connectivity index (χ0) is 18.4. The molecule has 0 bridgehead atoms. The first-order valence-electron chi connectivity index (χ1n) is 8.12. The molecule has 0 fully saturated rings. The Morgan fingerprint density at radius 1 is 1.19 bits per heavy atom. The quantitative estimate of drug-likeness (QED) is 0.573. The number of carboxylic acid groups (broad SMARTS) is 1. The second-order valence-corrected chi connectivity index (χ2v) is 5.72. The molecule has 4 aromatic rings. The molecule has 0 radical (unpaired) electrons. The average Bonchev–Trinajstić information content (AvgIpc) is 3.29. The molecule has 1 aromatic carbocycles. The maximum absolute atomic E-state index is 8.36. The Kier molecular flexibility index (Phi) is 5.38. The summed E-state index contributed by atoms with van der Waals surface area (Å²) in [6, 6.07) is 8.30. The van der Waals surface area contributed by atoms with E-state index in [9.17, 15) is 0 Å². The van der Waals surface area contributed by atoms with Crippen molar-refractivity contribution in [2.75, 3.05) is 0 Å². The van der Waals surface area contributed by atoms with E-state index in [0.717, 1.165) is 29.7 Å². The van der Waals surface area contributed by atoms with Gasteiger partial charge in [-0.1, -0.05) is 18.2 Å². The molecular formula is C19H19N5O2. The number of imidazole rings is 1. The lowest BCUT2D eigenvalue weighted by Crippen LogP contribution is -2.02. The van der Waals surface area contributed by atoms with Crippen molar-refractivity contribution in [3.8, 4) is 11.4 Å². The van der Waals surface area contributed by atoms with Crippen molar-refractivity contribution >= 4 is 17.2 Å². The molecule has 0 saturated heterocycles. The number of hydrogen-bond acceptors (Lipinski definition) is 4. The molecule has 3 aromatic heterocycles. The molecule has 3 heterocycles. The van der Waals surface area contributed by atoms with Crippen LogP contribution in [-0.2, 0) is 24.8 Å². The van der Waals surface area contributed by atoms with E-state index < -0.39 is 0 Å². The van der Waals surface area contributed by atoms with Crippen LogP contribution in [0.5, 0.6) is 0 Å². The van der Waals surface area contributed by atoms with Gasteiger partial charge in [0.05, 0.1) is 6.20 Å². The van der Waals surface area contributed by atoms with Gasteiger partial charge in [-0.3, -0.25) is 14.5 Å². The van der Waals surface area contributed by atoms with Crippen molar-refractivity contribution in [1.82, 2.24) is 24.3 Å². The highest BCUT2D eigenvalue weighted by atomic mass is 16.3. The van der Waals surface area contributed by atoms with Gasteiger partial charge in [-0.15, -0.1) is 0 Å². The SMILES string of the molecule is Cn1cc(CCn2ccnc2-c2cccc3cnccc23)cn1.O=CO. The number of pyridine rings is 1. The van der Waals surface area contributed by atoms with Crippen LogP contribution in [0.1, 0.15) is 5.56 Å². The molecule has 0 amide bonds. The minimum atomic E-state index is -0.250. The fourth-order valence-electron chi connectivity index (χ4n) is 2.90. The molecule has 0 aliphatic carbocycles. The smallest absolute Gasteiger partial charge is 0.290 e. The Morgan fingerprint density at radius 3 is 2.81 bits per heavy atom. The predicted octanol–water partition coefficient (Wildman–Crippen LogP) is 2.78. The summed E-state index contributed by atoms with van der Waals surface area (Å²) in [6.07, 6.45) is 12.5. The molecule has 0 atom stereocenters. The highest BCUT2D eigenvalue weighted by Crippen LogP contribution is 2.27. The third kappa shape index (κ3) is 3.77. The van der Waals surface area contributed by atoms with Crippen molar-refractivity contribution in [3.05, 3.63) is 67.0 Å². The summed E-state index contributed by atoms with van der Waals surface area (Å²) in [5.74, 6) is 0.991. The molecule has 0 unspecified atom stereocenters. The topological polar surface area (TPSA) is 85.8 Å². The summed E-state index contributed by atoms with van der Waals surface area (Å²) >= 11 is 0. The van der Waals surface area contributed by atoms with Gasteiger partial charge in [-0.05, 0) is 23.4 Å². The second-order valence-electron chi connectivity index (χ2n) is 5.72. The Balaban J connectivity index is 0.000000613. The summed E-state index contributed by atoms with van der Waals surface area (Å²) in [5.41, 5.74) is 2.37. The second kappa shape index (κ2) is 8.06. The number of fused-ring (bicyclic) bond motifs is 1. The van der Waals surface area contributed by atoms with Gasteiger partial charge in [-0.2, -0.15) is 5.10 Å². The van der Waals surface area contributed by atoms with Gasteiger partial charge in [-0.25, -0.2) is 4.98 Å². The van der Waals surface area contributed by atoms with Gasteiger partial charge < -0.3 is 9.67 Å². The number of hydrogen-bond donors (Lipinski definition) is 1. The van der Waals surface area contributed by atoms with Crippen LogP contribution in [-0.4, -0.2) is 35.9 Å². The monoisotopic (exact) mass is 349 g/mol. The van der Waals surface area contributed by atoms with Crippen LogP contribution < -0.4 is 0 Å². The molecule has 4 rings (SSSR count). The van der Waals surface area contributed by atoms with Gasteiger partial charge in [0.15, 0.2) is 0 Å². The Bertz CT molecular complexity index is 1000. The highest BCUT2D eigenvalue weighted by molar-refractivity contribution is 5.94. The standard InChI is InChI=1S/C18H17N5.CH2O2/c1-22-13-14(11-21-22)6-9-23-10-8-20-18(23)17-4-2-3-15-12-19-7-5-16(15)17;2-1-3/h2-5,7-8,10-13H,6,9H2,1H3;1H,(H,2,3). The lowest BCUT2D eigenvalue weighted by Gasteiger charge is -2.09. The lowest BCUT2D eigenvalue weighted by atomic mass is 10.1. The van der Waals surface area contributed by atoms with Crippen molar-refractivity contribution in [3.63, 3.8) is 0 Å². The summed E-state index contributed by atoms with van der Waals surface area (Å²) < 4.78 is 4.03. The predicted molar refractivity (Wildman–Crippen MR) is 98.6 cm³/mol. The van der Waals surface area contributed by atoms with E-state index in [1.165, 1.54) is 10.9 Å². The van der Waals surface area contributed by atoms with E-state index in [1.807, 2.05) is 48.8 Å². The minimum absolute atomic E-state index is 0.250. The van der Waals surface area contributed by atoms with Crippen molar-refractivity contribution in [2.24, 2.45) is 7.05 Å². The fraction of sp³-hybridized carbons (Fsp3) is 0.158. The number of rotatable bonds is 4. The van der Waals surface area contributed by atoms with E-state index in [2.05, 4.69) is 44.0 Å². The molecule has 0 aliphatic heterocycles. The van der Waals surface area contributed by atoms with Gasteiger partial charge in [0, 0.05) is 55.5 Å². The van der Waals surface area contributed by atoms with Crippen LogP contribution in [0.15, 0.2) is 61.4 Å². The molecule has 7 nitrogen and oxygen atoms in total. The summed E-state index contributed by atoms with van der Waals surface area (Å²) in [7, 11) is 1.94. The first kappa shape index (κ1) is 17.3. The molecule has 1 N–H and O–H groups in total. The number of aromatic nitrogens is 5. The van der Waals surface area contributed by atoms with Crippen molar-refractivity contribution < 1.29 is 9.90 Å². The molecule has 0 aliphatic rings. The molecule has 26 heavy (non-hydrogen) atoms. The molecule has 0 spiro atoms. The van der Waals surface area contributed by atoms with E-state index in [1.54, 1.807) is 0 Å². The number of nitrogens with zero attached hydrogens (tertiary/aromatic N) is 5. The zero-order valence-electron chi connectivity index (χ0n) is 14.4. The molecule has 0 saturated carbocycles. The van der Waals surface area contributed by atoms with E-state index in [-0.39, 0.29) is 6.47 Å². The van der Waals surface area contributed by atoms with Gasteiger partial charge in [0.1, 0.15) is 5.82 Å². The van der Waals surface area contributed by atoms with Crippen molar-refractivity contribution in [1.29, 1.82) is 0 Å². The molecule has 7 heteroatoms. The number of aryl methyl sites for hydroxylation is 3. The zero-order valence-corrected chi connectivity index (χ0v) is 14.4. The molecular weight excluding hydrogens is 330 g/mol. The van der Waals surface area contributed by atoms with Crippen LogP contribution in [0.3, 0.4) is 0 Å². The van der Waals surface area contributed by atoms with Crippen LogP contribution in [0.2, 0.25) is 0 Å². The van der Waals surface area contributed by atoms with Crippen LogP contribution in [0, 0.1) is 0 Å². The van der Waals surface area contributed by atoms with Crippen LogP contribution >= 0.6 is 0 Å². The van der Waals surface area contributed by atoms with Gasteiger partial charge in [0.2, 0.25) is 0 Å². The minimum Gasteiger partial charge on any atom is -0.483 e. The summed E-state index contributed by atoms with van der Waals surface area (Å²) in [5, 5.41) is 13.4. The fourth-order valence-corrected chi connectivity index (χ4v) is 2.90.